The monoisotopic (exact) mass is 360 g/mol. The SMILES string of the molecule is CCCCCCCCCC(C)(C)c1ccc([C@H]2CCC[C@H](O)C2)c(O)c1. The predicted molar refractivity (Wildman–Crippen MR) is 111 cm³/mol. The minimum atomic E-state index is -0.207. The van der Waals surface area contributed by atoms with Gasteiger partial charge in [-0.15, -0.1) is 0 Å². The van der Waals surface area contributed by atoms with Gasteiger partial charge in [-0.05, 0) is 54.2 Å². The molecule has 0 unspecified atom stereocenters. The van der Waals surface area contributed by atoms with Crippen LogP contribution in [-0.4, -0.2) is 16.3 Å². The quantitative estimate of drug-likeness (QED) is 0.449. The van der Waals surface area contributed by atoms with Crippen molar-refractivity contribution >= 4 is 0 Å². The Labute approximate surface area is 161 Å². The first-order chi connectivity index (χ1) is 12.4. The molecule has 0 amide bonds. The highest BCUT2D eigenvalue weighted by Crippen LogP contribution is 2.40. The van der Waals surface area contributed by atoms with Crippen LogP contribution >= 0.6 is 0 Å². The van der Waals surface area contributed by atoms with Crippen LogP contribution in [0, 0.1) is 0 Å². The van der Waals surface area contributed by atoms with Crippen molar-refractivity contribution in [2.45, 2.75) is 115 Å². The largest absolute Gasteiger partial charge is 0.508 e. The fraction of sp³-hybridized carbons (Fsp3) is 0.750. The molecule has 1 aromatic rings. The second-order valence-electron chi connectivity index (χ2n) is 9.05. The summed E-state index contributed by atoms with van der Waals surface area (Å²) in [4.78, 5) is 0. The summed E-state index contributed by atoms with van der Waals surface area (Å²) in [5.74, 6) is 0.730. The molecule has 0 bridgehead atoms. The second kappa shape index (κ2) is 10.3. The summed E-state index contributed by atoms with van der Waals surface area (Å²) in [7, 11) is 0. The van der Waals surface area contributed by atoms with E-state index in [1.807, 2.05) is 6.07 Å². The van der Waals surface area contributed by atoms with Crippen molar-refractivity contribution in [3.63, 3.8) is 0 Å². The van der Waals surface area contributed by atoms with E-state index in [2.05, 4.69) is 32.9 Å². The van der Waals surface area contributed by atoms with E-state index in [0.717, 1.165) is 31.2 Å². The molecule has 2 rings (SSSR count). The minimum absolute atomic E-state index is 0.103. The van der Waals surface area contributed by atoms with Crippen LogP contribution in [0.4, 0.5) is 0 Å². The maximum atomic E-state index is 10.6. The van der Waals surface area contributed by atoms with Gasteiger partial charge in [0, 0.05) is 0 Å². The molecule has 1 aromatic carbocycles. The Morgan fingerprint density at radius 2 is 1.69 bits per heavy atom. The standard InChI is InChI=1S/C24H40O2/c1-4-5-6-7-8-9-10-16-24(2,3)20-14-15-22(23(26)18-20)19-12-11-13-21(25)17-19/h14-15,18-19,21,25-26H,4-13,16-17H2,1-3H3/t19-,21-/m0/s1. The zero-order valence-corrected chi connectivity index (χ0v) is 17.3. The van der Waals surface area contributed by atoms with Crippen LogP contribution in [0.1, 0.15) is 115 Å². The summed E-state index contributed by atoms with van der Waals surface area (Å²) in [6.07, 6.45) is 14.1. The van der Waals surface area contributed by atoms with Crippen LogP contribution < -0.4 is 0 Å². The molecule has 2 nitrogen and oxygen atoms in total. The van der Waals surface area contributed by atoms with Crippen LogP contribution in [0.5, 0.6) is 5.75 Å². The summed E-state index contributed by atoms with van der Waals surface area (Å²) in [5, 5.41) is 20.5. The molecule has 0 spiro atoms. The summed E-state index contributed by atoms with van der Waals surface area (Å²) < 4.78 is 0. The Morgan fingerprint density at radius 3 is 2.35 bits per heavy atom. The fourth-order valence-corrected chi connectivity index (χ4v) is 4.42. The molecule has 2 heteroatoms. The molecule has 0 aromatic heterocycles. The Kier molecular flexibility index (Phi) is 8.47. The normalized spacial score (nSPS) is 21.1. The van der Waals surface area contributed by atoms with Crippen molar-refractivity contribution in [1.82, 2.24) is 0 Å². The zero-order valence-electron chi connectivity index (χ0n) is 17.3. The molecule has 1 fully saturated rings. The topological polar surface area (TPSA) is 40.5 Å². The van der Waals surface area contributed by atoms with Gasteiger partial charge >= 0.3 is 0 Å². The summed E-state index contributed by atoms with van der Waals surface area (Å²) in [6.45, 7) is 6.85. The number of aliphatic hydroxyl groups excluding tert-OH is 1. The van der Waals surface area contributed by atoms with Crippen molar-refractivity contribution in [1.29, 1.82) is 0 Å². The van der Waals surface area contributed by atoms with Gasteiger partial charge < -0.3 is 10.2 Å². The molecule has 0 saturated heterocycles. The number of aliphatic hydroxyl groups is 1. The van der Waals surface area contributed by atoms with E-state index in [-0.39, 0.29) is 11.5 Å². The number of benzene rings is 1. The number of phenols is 1. The lowest BCUT2D eigenvalue weighted by Crippen LogP contribution is -2.19. The van der Waals surface area contributed by atoms with E-state index in [0.29, 0.717) is 11.7 Å². The summed E-state index contributed by atoms with van der Waals surface area (Å²) >= 11 is 0. The molecule has 1 aliphatic carbocycles. The first-order valence-electron chi connectivity index (χ1n) is 11.0. The van der Waals surface area contributed by atoms with Gasteiger partial charge in [-0.2, -0.15) is 0 Å². The highest BCUT2D eigenvalue weighted by molar-refractivity contribution is 5.41. The van der Waals surface area contributed by atoms with Crippen molar-refractivity contribution in [3.8, 4) is 5.75 Å². The van der Waals surface area contributed by atoms with E-state index in [9.17, 15) is 10.2 Å². The summed E-state index contributed by atoms with van der Waals surface area (Å²) in [5.41, 5.74) is 2.37. The van der Waals surface area contributed by atoms with Gasteiger partial charge in [0.05, 0.1) is 6.10 Å². The molecule has 0 aliphatic heterocycles. The lowest BCUT2D eigenvalue weighted by atomic mass is 9.77. The first kappa shape index (κ1) is 21.3. The average Bonchev–Trinajstić information content (AvgIpc) is 2.61. The molecule has 26 heavy (non-hydrogen) atoms. The van der Waals surface area contributed by atoms with Gasteiger partial charge in [0.15, 0.2) is 0 Å². The lowest BCUT2D eigenvalue weighted by molar-refractivity contribution is 0.119. The van der Waals surface area contributed by atoms with Gasteiger partial charge in [-0.1, -0.05) is 84.3 Å². The Hall–Kier alpha value is -1.02. The molecule has 0 heterocycles. The predicted octanol–water partition coefficient (Wildman–Crippen LogP) is 6.83. The lowest BCUT2D eigenvalue weighted by Gasteiger charge is -2.29. The van der Waals surface area contributed by atoms with Crippen molar-refractivity contribution in [3.05, 3.63) is 29.3 Å². The maximum absolute atomic E-state index is 10.6. The molecule has 2 atom stereocenters. The number of phenolic OH excluding ortho intramolecular Hbond substituents is 1. The highest BCUT2D eigenvalue weighted by atomic mass is 16.3. The van der Waals surface area contributed by atoms with Crippen LogP contribution in [0.15, 0.2) is 18.2 Å². The van der Waals surface area contributed by atoms with E-state index < -0.39 is 0 Å². The molecule has 148 valence electrons. The molecule has 1 aliphatic rings. The van der Waals surface area contributed by atoms with Crippen molar-refractivity contribution in [2.75, 3.05) is 0 Å². The van der Waals surface area contributed by atoms with Crippen LogP contribution in [0.25, 0.3) is 0 Å². The van der Waals surface area contributed by atoms with Crippen molar-refractivity contribution < 1.29 is 10.2 Å². The Balaban J connectivity index is 1.87. The summed E-state index contributed by atoms with van der Waals surface area (Å²) in [6, 6.07) is 6.30. The second-order valence-corrected chi connectivity index (χ2v) is 9.05. The molecular weight excluding hydrogens is 320 g/mol. The molecule has 1 saturated carbocycles. The van der Waals surface area contributed by atoms with Gasteiger partial charge in [0.2, 0.25) is 0 Å². The first-order valence-corrected chi connectivity index (χ1v) is 11.0. The number of unbranched alkanes of at least 4 members (excludes halogenated alkanes) is 6. The zero-order chi connectivity index (χ0) is 19.0. The number of aromatic hydroxyl groups is 1. The average molecular weight is 361 g/mol. The van der Waals surface area contributed by atoms with Gasteiger partial charge in [0.1, 0.15) is 5.75 Å². The fourth-order valence-electron chi connectivity index (χ4n) is 4.42. The number of hydrogen-bond donors (Lipinski definition) is 2. The maximum Gasteiger partial charge on any atom is 0.119 e. The third-order valence-electron chi connectivity index (χ3n) is 6.30. The Bertz CT molecular complexity index is 535. The number of hydrogen-bond acceptors (Lipinski definition) is 2. The third kappa shape index (κ3) is 6.30. The smallest absolute Gasteiger partial charge is 0.119 e. The minimum Gasteiger partial charge on any atom is -0.508 e. The van der Waals surface area contributed by atoms with Crippen molar-refractivity contribution in [2.24, 2.45) is 0 Å². The van der Waals surface area contributed by atoms with Crippen LogP contribution in [0.3, 0.4) is 0 Å². The molecule has 2 N–H and O–H groups in total. The number of rotatable bonds is 10. The van der Waals surface area contributed by atoms with E-state index in [1.54, 1.807) is 0 Å². The van der Waals surface area contributed by atoms with Gasteiger partial charge in [-0.25, -0.2) is 0 Å². The molecule has 0 radical (unpaired) electrons. The Morgan fingerprint density at radius 1 is 1.00 bits per heavy atom. The van der Waals surface area contributed by atoms with Crippen LogP contribution in [0.2, 0.25) is 0 Å². The third-order valence-corrected chi connectivity index (χ3v) is 6.30. The van der Waals surface area contributed by atoms with E-state index in [1.165, 1.54) is 56.9 Å². The van der Waals surface area contributed by atoms with E-state index >= 15 is 0 Å². The molecular formula is C24H40O2. The van der Waals surface area contributed by atoms with Gasteiger partial charge in [0.25, 0.3) is 0 Å². The van der Waals surface area contributed by atoms with Crippen LogP contribution in [-0.2, 0) is 5.41 Å². The van der Waals surface area contributed by atoms with Gasteiger partial charge in [-0.3, -0.25) is 0 Å². The highest BCUT2D eigenvalue weighted by Gasteiger charge is 2.26. The van der Waals surface area contributed by atoms with E-state index in [4.69, 9.17) is 0 Å².